The molecule has 4 nitrogen and oxygen atoms in total. The topological polar surface area (TPSA) is 66.6 Å². The zero-order chi connectivity index (χ0) is 11.7. The Bertz CT molecular complexity index is 413. The number of nitrogens with two attached hydrogens (primary N) is 1. The SMILES string of the molecule is CN(c1c(N)cccc1C(=O)O)C1CCC1. The average molecular weight is 220 g/mol. The van der Waals surface area contributed by atoms with Gasteiger partial charge in [0, 0.05) is 13.1 Å². The van der Waals surface area contributed by atoms with E-state index in [1.807, 2.05) is 11.9 Å². The number of carboxylic acids is 1. The van der Waals surface area contributed by atoms with Crippen LogP contribution in [0.3, 0.4) is 0 Å². The third-order valence-corrected chi connectivity index (χ3v) is 3.27. The highest BCUT2D eigenvalue weighted by Gasteiger charge is 2.26. The number of para-hydroxylation sites is 1. The molecule has 0 spiro atoms. The lowest BCUT2D eigenvalue weighted by Gasteiger charge is -2.37. The Balaban J connectivity index is 2.40. The van der Waals surface area contributed by atoms with E-state index in [2.05, 4.69) is 0 Å². The van der Waals surface area contributed by atoms with Crippen LogP contribution in [0.25, 0.3) is 0 Å². The van der Waals surface area contributed by atoms with Crippen molar-refractivity contribution in [2.45, 2.75) is 25.3 Å². The molecule has 0 unspecified atom stereocenters. The van der Waals surface area contributed by atoms with Crippen molar-refractivity contribution >= 4 is 17.3 Å². The summed E-state index contributed by atoms with van der Waals surface area (Å²) in [5, 5.41) is 9.13. The average Bonchev–Trinajstić information content (AvgIpc) is 2.14. The number of nitrogens with zero attached hydrogens (tertiary/aromatic N) is 1. The van der Waals surface area contributed by atoms with Gasteiger partial charge in [0.2, 0.25) is 0 Å². The molecule has 0 aliphatic heterocycles. The Morgan fingerprint density at radius 3 is 2.69 bits per heavy atom. The predicted octanol–water partition coefficient (Wildman–Crippen LogP) is 1.96. The molecular weight excluding hydrogens is 204 g/mol. The van der Waals surface area contributed by atoms with E-state index in [9.17, 15) is 4.79 Å². The van der Waals surface area contributed by atoms with E-state index in [4.69, 9.17) is 10.8 Å². The molecule has 2 rings (SSSR count). The lowest BCUT2D eigenvalue weighted by Crippen LogP contribution is -2.38. The van der Waals surface area contributed by atoms with Gasteiger partial charge in [-0.1, -0.05) is 6.07 Å². The van der Waals surface area contributed by atoms with Crippen LogP contribution in [-0.4, -0.2) is 24.2 Å². The van der Waals surface area contributed by atoms with Gasteiger partial charge >= 0.3 is 5.97 Å². The Hall–Kier alpha value is -1.71. The summed E-state index contributed by atoms with van der Waals surface area (Å²) in [5.74, 6) is -0.923. The Labute approximate surface area is 94.7 Å². The van der Waals surface area contributed by atoms with Gasteiger partial charge in [-0.25, -0.2) is 4.79 Å². The fraction of sp³-hybridized carbons (Fsp3) is 0.417. The van der Waals surface area contributed by atoms with Crippen molar-refractivity contribution < 1.29 is 9.90 Å². The molecule has 1 saturated carbocycles. The molecule has 0 atom stereocenters. The number of carbonyl (C=O) groups is 1. The van der Waals surface area contributed by atoms with Gasteiger partial charge in [0.05, 0.1) is 16.9 Å². The summed E-state index contributed by atoms with van der Waals surface area (Å²) < 4.78 is 0. The number of rotatable bonds is 3. The summed E-state index contributed by atoms with van der Waals surface area (Å²) in [6, 6.07) is 5.46. The van der Waals surface area contributed by atoms with Crippen LogP contribution in [0.15, 0.2) is 18.2 Å². The van der Waals surface area contributed by atoms with Gasteiger partial charge in [0.25, 0.3) is 0 Å². The monoisotopic (exact) mass is 220 g/mol. The molecule has 0 radical (unpaired) electrons. The van der Waals surface area contributed by atoms with Gasteiger partial charge < -0.3 is 15.7 Å². The summed E-state index contributed by atoms with van der Waals surface area (Å²) in [6.45, 7) is 0. The van der Waals surface area contributed by atoms with Crippen molar-refractivity contribution in [3.63, 3.8) is 0 Å². The van der Waals surface area contributed by atoms with Gasteiger partial charge in [-0.2, -0.15) is 0 Å². The lowest BCUT2D eigenvalue weighted by molar-refractivity contribution is 0.0697. The molecule has 86 valence electrons. The zero-order valence-electron chi connectivity index (χ0n) is 9.31. The number of aromatic carboxylic acids is 1. The predicted molar refractivity (Wildman–Crippen MR) is 63.9 cm³/mol. The molecule has 0 aromatic heterocycles. The van der Waals surface area contributed by atoms with Crippen molar-refractivity contribution in [1.29, 1.82) is 0 Å². The molecule has 1 aromatic carbocycles. The number of anilines is 2. The Morgan fingerprint density at radius 1 is 1.50 bits per heavy atom. The van der Waals surface area contributed by atoms with Crippen molar-refractivity contribution in [3.8, 4) is 0 Å². The van der Waals surface area contributed by atoms with Crippen LogP contribution in [0.1, 0.15) is 29.6 Å². The third-order valence-electron chi connectivity index (χ3n) is 3.27. The molecule has 0 amide bonds. The zero-order valence-corrected chi connectivity index (χ0v) is 9.31. The minimum absolute atomic E-state index is 0.286. The quantitative estimate of drug-likeness (QED) is 0.764. The minimum Gasteiger partial charge on any atom is -0.478 e. The molecule has 0 bridgehead atoms. The maximum atomic E-state index is 11.1. The van der Waals surface area contributed by atoms with E-state index < -0.39 is 5.97 Å². The first kappa shape index (κ1) is 10.8. The molecule has 3 N–H and O–H groups in total. The first-order valence-electron chi connectivity index (χ1n) is 5.46. The van der Waals surface area contributed by atoms with E-state index in [0.717, 1.165) is 12.8 Å². The Morgan fingerprint density at radius 2 is 2.19 bits per heavy atom. The van der Waals surface area contributed by atoms with Crippen LogP contribution in [-0.2, 0) is 0 Å². The molecule has 0 heterocycles. The highest BCUT2D eigenvalue weighted by atomic mass is 16.4. The Kier molecular flexibility index (Phi) is 2.73. The smallest absolute Gasteiger partial charge is 0.337 e. The van der Waals surface area contributed by atoms with Crippen molar-refractivity contribution in [2.24, 2.45) is 0 Å². The number of hydrogen-bond acceptors (Lipinski definition) is 3. The second-order valence-corrected chi connectivity index (χ2v) is 4.24. The summed E-state index contributed by atoms with van der Waals surface area (Å²) in [6.07, 6.45) is 3.44. The van der Waals surface area contributed by atoms with Crippen LogP contribution >= 0.6 is 0 Å². The summed E-state index contributed by atoms with van der Waals surface area (Å²) >= 11 is 0. The molecule has 16 heavy (non-hydrogen) atoms. The minimum atomic E-state index is -0.923. The maximum Gasteiger partial charge on any atom is 0.337 e. The van der Waals surface area contributed by atoms with E-state index >= 15 is 0 Å². The molecular formula is C12H16N2O2. The molecule has 0 saturated heterocycles. The van der Waals surface area contributed by atoms with Gasteiger partial charge in [0.1, 0.15) is 0 Å². The van der Waals surface area contributed by atoms with Gasteiger partial charge in [0.15, 0.2) is 0 Å². The first-order chi connectivity index (χ1) is 7.61. The molecule has 1 aromatic rings. The van der Waals surface area contributed by atoms with Gasteiger partial charge in [-0.05, 0) is 31.4 Å². The number of carboxylic acid groups (broad SMARTS) is 1. The van der Waals surface area contributed by atoms with Crippen LogP contribution in [0, 0.1) is 0 Å². The fourth-order valence-electron chi connectivity index (χ4n) is 2.08. The standard InChI is InChI=1S/C12H16N2O2/c1-14(8-4-2-5-8)11-9(12(15)16)6-3-7-10(11)13/h3,6-8H,2,4-5,13H2,1H3,(H,15,16). The largest absolute Gasteiger partial charge is 0.478 e. The summed E-state index contributed by atoms with van der Waals surface area (Å²) in [5.41, 5.74) is 7.35. The van der Waals surface area contributed by atoms with Crippen molar-refractivity contribution in [3.05, 3.63) is 23.8 Å². The maximum absolute atomic E-state index is 11.1. The van der Waals surface area contributed by atoms with E-state index in [1.54, 1.807) is 18.2 Å². The van der Waals surface area contributed by atoms with Gasteiger partial charge in [-0.3, -0.25) is 0 Å². The summed E-state index contributed by atoms with van der Waals surface area (Å²) in [7, 11) is 1.92. The number of hydrogen-bond donors (Lipinski definition) is 2. The normalized spacial score (nSPS) is 15.6. The van der Waals surface area contributed by atoms with Crippen molar-refractivity contribution in [1.82, 2.24) is 0 Å². The highest BCUT2D eigenvalue weighted by molar-refractivity contribution is 5.98. The van der Waals surface area contributed by atoms with Crippen molar-refractivity contribution in [2.75, 3.05) is 17.7 Å². The fourth-order valence-corrected chi connectivity index (χ4v) is 2.08. The van der Waals surface area contributed by atoms with E-state index in [1.165, 1.54) is 6.42 Å². The molecule has 1 fully saturated rings. The second-order valence-electron chi connectivity index (χ2n) is 4.24. The molecule has 1 aliphatic carbocycles. The number of benzene rings is 1. The first-order valence-corrected chi connectivity index (χ1v) is 5.46. The molecule has 1 aliphatic rings. The highest BCUT2D eigenvalue weighted by Crippen LogP contribution is 2.34. The number of nitrogen functional groups attached to an aromatic ring is 1. The van der Waals surface area contributed by atoms with E-state index in [-0.39, 0.29) is 5.56 Å². The van der Waals surface area contributed by atoms with E-state index in [0.29, 0.717) is 17.4 Å². The third kappa shape index (κ3) is 1.71. The molecule has 4 heteroatoms. The van der Waals surface area contributed by atoms with Gasteiger partial charge in [-0.15, -0.1) is 0 Å². The van der Waals surface area contributed by atoms with Crippen LogP contribution < -0.4 is 10.6 Å². The van der Waals surface area contributed by atoms with Crippen LogP contribution in [0.2, 0.25) is 0 Å². The second kappa shape index (κ2) is 4.04. The van der Waals surface area contributed by atoms with Crippen LogP contribution in [0.5, 0.6) is 0 Å². The lowest BCUT2D eigenvalue weighted by atomic mass is 9.91. The van der Waals surface area contributed by atoms with Crippen LogP contribution in [0.4, 0.5) is 11.4 Å². The summed E-state index contributed by atoms with van der Waals surface area (Å²) in [4.78, 5) is 13.1.